The fourth-order valence-corrected chi connectivity index (χ4v) is 1.49. The third kappa shape index (κ3) is 2.41. The maximum absolute atomic E-state index is 11.0. The molecule has 2 rings (SSSR count). The monoisotopic (exact) mass is 235 g/mol. The van der Waals surface area contributed by atoms with Crippen LogP contribution in [0.1, 0.15) is 13.8 Å². The highest BCUT2D eigenvalue weighted by atomic mass is 16.2. The molecule has 0 atom stereocenters. The van der Waals surface area contributed by atoms with Crippen molar-refractivity contribution in [3.63, 3.8) is 0 Å². The molecule has 1 aromatic heterocycles. The molecule has 1 radical (unpaired) electrons. The van der Waals surface area contributed by atoms with Crippen molar-refractivity contribution in [2.75, 3.05) is 11.6 Å². The lowest BCUT2D eigenvalue weighted by Crippen LogP contribution is -2.47. The summed E-state index contributed by atoms with van der Waals surface area (Å²) in [5.41, 5.74) is 3.20. The summed E-state index contributed by atoms with van der Waals surface area (Å²) in [6.45, 7) is 3.11. The van der Waals surface area contributed by atoms with Gasteiger partial charge in [-0.15, -0.1) is 5.10 Å². The van der Waals surface area contributed by atoms with Crippen LogP contribution in [0.2, 0.25) is 0 Å². The van der Waals surface area contributed by atoms with Crippen LogP contribution in [0.4, 0.5) is 5.95 Å². The number of carbonyl (C=O) groups excluding carboxylic acids is 2. The number of hydrazine groups is 1. The standard InChI is InChI=1S/C9H11N6O2/c1-6(16)12-8-3-14-9(10-5-11-14)15(4-8)13-7(2)17/h3H,4H2,1-2H3,(H,12,16)(H,13,17). The lowest BCUT2D eigenvalue weighted by Gasteiger charge is -2.27. The number of anilines is 1. The number of amides is 2. The second-order valence-electron chi connectivity index (χ2n) is 3.55. The summed E-state index contributed by atoms with van der Waals surface area (Å²) in [6.07, 6.45) is 4.05. The lowest BCUT2D eigenvalue weighted by atomic mass is 10.4. The molecule has 8 nitrogen and oxygen atoms in total. The minimum atomic E-state index is -0.233. The minimum absolute atomic E-state index is 0.188. The first-order chi connectivity index (χ1) is 8.06. The van der Waals surface area contributed by atoms with Crippen LogP contribution in [0, 0.1) is 6.33 Å². The van der Waals surface area contributed by atoms with Crippen LogP contribution >= 0.6 is 0 Å². The summed E-state index contributed by atoms with van der Waals surface area (Å²) < 4.78 is 1.42. The first-order valence-corrected chi connectivity index (χ1v) is 4.92. The van der Waals surface area contributed by atoms with Crippen LogP contribution in [0.3, 0.4) is 0 Å². The average Bonchev–Trinajstić information content (AvgIpc) is 2.63. The maximum Gasteiger partial charge on any atom is 0.248 e. The molecule has 0 aromatic carbocycles. The summed E-state index contributed by atoms with van der Waals surface area (Å²) in [5, 5.41) is 7.96. The van der Waals surface area contributed by atoms with Gasteiger partial charge in [-0.1, -0.05) is 0 Å². The highest BCUT2D eigenvalue weighted by molar-refractivity contribution is 5.77. The van der Waals surface area contributed by atoms with E-state index in [1.54, 1.807) is 6.20 Å². The van der Waals surface area contributed by atoms with Gasteiger partial charge < -0.3 is 5.32 Å². The predicted octanol–water partition coefficient (Wildman–Crippen LogP) is -1.12. The number of fused-ring (bicyclic) bond motifs is 1. The van der Waals surface area contributed by atoms with E-state index in [4.69, 9.17) is 0 Å². The van der Waals surface area contributed by atoms with Crippen molar-refractivity contribution in [1.29, 1.82) is 0 Å². The van der Waals surface area contributed by atoms with Crippen molar-refractivity contribution in [3.05, 3.63) is 12.0 Å². The predicted molar refractivity (Wildman–Crippen MR) is 58.1 cm³/mol. The fraction of sp³-hybridized carbons (Fsp3) is 0.333. The van der Waals surface area contributed by atoms with Gasteiger partial charge in [-0.3, -0.25) is 15.0 Å². The molecule has 2 N–H and O–H groups in total. The Balaban J connectivity index is 2.26. The Morgan fingerprint density at radius 2 is 2.18 bits per heavy atom. The highest BCUT2D eigenvalue weighted by Gasteiger charge is 2.21. The van der Waals surface area contributed by atoms with E-state index in [2.05, 4.69) is 27.2 Å². The third-order valence-electron chi connectivity index (χ3n) is 1.98. The molecular weight excluding hydrogens is 224 g/mol. The minimum Gasteiger partial charge on any atom is -0.327 e. The van der Waals surface area contributed by atoms with E-state index in [0.29, 0.717) is 18.2 Å². The number of nitrogens with one attached hydrogen (secondary N) is 2. The SMILES string of the molecule is CC(=O)NC1=Cn2n[c]nc2N(NC(C)=O)C1. The Labute approximate surface area is 97.3 Å². The number of carbonyl (C=O) groups is 2. The summed E-state index contributed by atoms with van der Waals surface area (Å²) in [4.78, 5) is 25.9. The molecule has 17 heavy (non-hydrogen) atoms. The first kappa shape index (κ1) is 11.1. The third-order valence-corrected chi connectivity index (χ3v) is 1.98. The van der Waals surface area contributed by atoms with Crippen molar-refractivity contribution in [1.82, 2.24) is 25.5 Å². The van der Waals surface area contributed by atoms with Crippen LogP contribution in [0.25, 0.3) is 6.20 Å². The number of nitrogens with zero attached hydrogens (tertiary/aromatic N) is 4. The molecule has 0 aliphatic carbocycles. The van der Waals surface area contributed by atoms with Gasteiger partial charge in [0.15, 0.2) is 0 Å². The van der Waals surface area contributed by atoms with Gasteiger partial charge in [0.1, 0.15) is 0 Å². The van der Waals surface area contributed by atoms with Crippen LogP contribution < -0.4 is 15.8 Å². The van der Waals surface area contributed by atoms with E-state index in [1.165, 1.54) is 23.5 Å². The maximum atomic E-state index is 11.0. The second kappa shape index (κ2) is 4.24. The normalized spacial score (nSPS) is 13.8. The van der Waals surface area contributed by atoms with Crippen LogP contribution in [0.5, 0.6) is 0 Å². The topological polar surface area (TPSA) is 92.2 Å². The summed E-state index contributed by atoms with van der Waals surface area (Å²) in [7, 11) is 0. The smallest absolute Gasteiger partial charge is 0.248 e. The summed E-state index contributed by atoms with van der Waals surface area (Å²) in [5.74, 6) is 0.0181. The van der Waals surface area contributed by atoms with Crippen molar-refractivity contribution in [3.8, 4) is 0 Å². The molecule has 0 saturated heterocycles. The molecule has 0 fully saturated rings. The molecule has 1 aliphatic rings. The van der Waals surface area contributed by atoms with Gasteiger partial charge in [0.2, 0.25) is 24.1 Å². The van der Waals surface area contributed by atoms with Crippen LogP contribution in [-0.2, 0) is 9.59 Å². The molecule has 2 amide bonds. The van der Waals surface area contributed by atoms with E-state index in [1.807, 2.05) is 0 Å². The Bertz CT molecular complexity index is 491. The molecule has 1 aromatic rings. The molecular formula is C9H11N6O2. The molecule has 2 heterocycles. The molecule has 0 spiro atoms. The molecule has 0 saturated carbocycles. The zero-order valence-electron chi connectivity index (χ0n) is 9.39. The number of hydrogen-bond donors (Lipinski definition) is 2. The van der Waals surface area contributed by atoms with Gasteiger partial charge in [-0.25, -0.2) is 9.69 Å². The summed E-state index contributed by atoms with van der Waals surface area (Å²) >= 11 is 0. The second-order valence-corrected chi connectivity index (χ2v) is 3.55. The molecule has 89 valence electrons. The lowest BCUT2D eigenvalue weighted by molar-refractivity contribution is -0.119. The largest absolute Gasteiger partial charge is 0.327 e. The van der Waals surface area contributed by atoms with E-state index in [0.717, 1.165) is 0 Å². The first-order valence-electron chi connectivity index (χ1n) is 4.92. The van der Waals surface area contributed by atoms with Crippen molar-refractivity contribution in [2.45, 2.75) is 13.8 Å². The zero-order chi connectivity index (χ0) is 12.4. The van der Waals surface area contributed by atoms with E-state index in [9.17, 15) is 9.59 Å². The van der Waals surface area contributed by atoms with Gasteiger partial charge in [0.25, 0.3) is 0 Å². The van der Waals surface area contributed by atoms with Gasteiger partial charge in [0.05, 0.1) is 18.4 Å². The summed E-state index contributed by atoms with van der Waals surface area (Å²) in [6, 6.07) is 0. The van der Waals surface area contributed by atoms with Gasteiger partial charge >= 0.3 is 0 Å². The Hall–Kier alpha value is -2.38. The number of hydrogen-bond acceptors (Lipinski definition) is 5. The Morgan fingerprint density at radius 3 is 2.82 bits per heavy atom. The van der Waals surface area contributed by atoms with Crippen molar-refractivity contribution < 1.29 is 9.59 Å². The van der Waals surface area contributed by atoms with Gasteiger partial charge in [0, 0.05) is 13.8 Å². The Kier molecular flexibility index (Phi) is 2.77. The van der Waals surface area contributed by atoms with Gasteiger partial charge in [-0.2, -0.15) is 4.98 Å². The zero-order valence-corrected chi connectivity index (χ0v) is 9.39. The molecule has 0 bridgehead atoms. The van der Waals surface area contributed by atoms with Crippen molar-refractivity contribution in [2.24, 2.45) is 0 Å². The number of rotatable bonds is 2. The van der Waals surface area contributed by atoms with Crippen LogP contribution in [0.15, 0.2) is 5.70 Å². The van der Waals surface area contributed by atoms with Crippen molar-refractivity contribution >= 4 is 24.0 Å². The molecule has 8 heteroatoms. The Morgan fingerprint density at radius 1 is 1.41 bits per heavy atom. The van der Waals surface area contributed by atoms with Crippen LogP contribution in [-0.4, -0.2) is 33.1 Å². The van der Waals surface area contributed by atoms with E-state index < -0.39 is 0 Å². The van der Waals surface area contributed by atoms with E-state index in [-0.39, 0.29) is 11.8 Å². The van der Waals surface area contributed by atoms with Gasteiger partial charge in [-0.05, 0) is 0 Å². The average molecular weight is 235 g/mol. The fourth-order valence-electron chi connectivity index (χ4n) is 1.49. The molecule has 0 unspecified atom stereocenters. The van der Waals surface area contributed by atoms with E-state index >= 15 is 0 Å². The highest BCUT2D eigenvalue weighted by Crippen LogP contribution is 2.15. The quantitative estimate of drug-likeness (QED) is 0.677. The number of aromatic nitrogens is 3. The molecule has 1 aliphatic heterocycles.